The third kappa shape index (κ3) is 9.59. The highest BCUT2D eigenvalue weighted by Crippen LogP contribution is 2.50. The van der Waals surface area contributed by atoms with Gasteiger partial charge in [-0.2, -0.15) is 21.0 Å². The number of hydrogen-bond acceptors (Lipinski definition) is 8. The first-order chi connectivity index (χ1) is 58.6. The summed E-state index contributed by atoms with van der Waals surface area (Å²) in [7, 11) is 0. The molecule has 0 saturated carbocycles. The average molecular weight is 1540 g/mol. The second kappa shape index (κ2) is 24.7. The highest BCUT2D eigenvalue weighted by molar-refractivity contribution is 6.29. The number of aromatic nitrogens is 4. The summed E-state index contributed by atoms with van der Waals surface area (Å²) >= 11 is 0. The number of benzene rings is 16. The van der Waals surface area contributed by atoms with E-state index in [9.17, 15) is 21.0 Å². The van der Waals surface area contributed by atoms with Gasteiger partial charge in [-0.3, -0.25) is 0 Å². The van der Waals surface area contributed by atoms with Gasteiger partial charge in [0.2, 0.25) is 0 Å². The molecule has 0 aliphatic carbocycles. The maximum Gasteiger partial charge on any atom is 0.145 e. The summed E-state index contributed by atoms with van der Waals surface area (Å²) in [5.41, 5.74) is 24.5. The molecular formula is C108H66N8O4. The Morgan fingerprint density at radius 1 is 0.233 bits per heavy atom. The first kappa shape index (κ1) is 68.3. The van der Waals surface area contributed by atoms with Gasteiger partial charge in [-0.1, -0.05) is 181 Å². The highest BCUT2D eigenvalue weighted by atomic mass is 16.3. The fourth-order valence-corrected chi connectivity index (χ4v) is 19.5. The van der Waals surface area contributed by atoms with Crippen LogP contribution in [0, 0.1) is 45.3 Å². The van der Waals surface area contributed by atoms with Crippen LogP contribution in [0.15, 0.2) is 309 Å². The van der Waals surface area contributed by atoms with Gasteiger partial charge in [-0.05, 0) is 207 Å². The number of furan rings is 4. The molecule has 0 fully saturated rings. The molecule has 24 rings (SSSR count). The van der Waals surface area contributed by atoms with Crippen molar-refractivity contribution in [1.82, 2.24) is 18.3 Å². The maximum atomic E-state index is 11.7. The lowest BCUT2D eigenvalue weighted by Gasteiger charge is -2.20. The monoisotopic (exact) mass is 1540 g/mol. The number of rotatable bonds is 7. The molecule has 562 valence electrons. The molecule has 0 bridgehead atoms. The third-order valence-corrected chi connectivity index (χ3v) is 25.3. The molecule has 0 unspecified atom stereocenters. The Morgan fingerprint density at radius 3 is 0.983 bits per heavy atom. The Kier molecular flexibility index (Phi) is 14.1. The molecule has 0 radical (unpaired) electrons. The minimum absolute atomic E-state index is 0.166. The molecule has 16 aromatic carbocycles. The molecule has 12 heteroatoms. The normalized spacial score (nSPS) is 12.4. The van der Waals surface area contributed by atoms with Crippen LogP contribution in [0.2, 0.25) is 0 Å². The van der Waals surface area contributed by atoms with Crippen LogP contribution in [0.1, 0.15) is 74.9 Å². The minimum atomic E-state index is -0.198. The number of para-hydroxylation sites is 3. The van der Waals surface area contributed by atoms with Gasteiger partial charge in [0.25, 0.3) is 0 Å². The molecule has 0 amide bonds. The highest BCUT2D eigenvalue weighted by Gasteiger charge is 2.31. The lowest BCUT2D eigenvalue weighted by atomic mass is 9.86. The van der Waals surface area contributed by atoms with E-state index in [1.165, 1.54) is 0 Å². The average Bonchev–Trinajstić information content (AvgIpc) is 1.56. The van der Waals surface area contributed by atoms with Gasteiger partial charge in [-0.25, -0.2) is 0 Å². The van der Waals surface area contributed by atoms with Crippen LogP contribution in [0.5, 0.6) is 0 Å². The van der Waals surface area contributed by atoms with Gasteiger partial charge in [0.05, 0.1) is 105 Å². The number of nitrogens with zero attached hydrogens (tertiary/aromatic N) is 8. The zero-order valence-electron chi connectivity index (χ0n) is 65.9. The molecule has 120 heavy (non-hydrogen) atoms. The molecule has 24 aromatic rings. The second-order valence-corrected chi connectivity index (χ2v) is 33.9. The van der Waals surface area contributed by atoms with Crippen LogP contribution < -0.4 is 0 Å². The molecule has 0 N–H and O–H groups in total. The molecule has 8 aromatic heterocycles. The largest absolute Gasteiger partial charge is 0.455 e. The molecule has 0 spiro atoms. The van der Waals surface area contributed by atoms with Crippen LogP contribution >= 0.6 is 0 Å². The first-order valence-corrected chi connectivity index (χ1v) is 40.3. The van der Waals surface area contributed by atoms with E-state index in [1.807, 2.05) is 91.0 Å². The molecular weight excluding hydrogens is 1470 g/mol. The fourth-order valence-electron chi connectivity index (χ4n) is 19.5. The van der Waals surface area contributed by atoms with Gasteiger partial charge in [0.15, 0.2) is 0 Å². The van der Waals surface area contributed by atoms with Crippen LogP contribution in [0.4, 0.5) is 0 Å². The van der Waals surface area contributed by atoms with Crippen molar-refractivity contribution < 1.29 is 17.7 Å². The van der Waals surface area contributed by atoms with Gasteiger partial charge >= 0.3 is 0 Å². The van der Waals surface area contributed by atoms with E-state index in [-0.39, 0.29) is 33.1 Å². The van der Waals surface area contributed by atoms with Gasteiger partial charge in [0, 0.05) is 70.3 Å². The fraction of sp³-hybridized carbons (Fsp3) is 0.0741. The topological polar surface area (TPSA) is 167 Å². The smallest absolute Gasteiger partial charge is 0.145 e. The van der Waals surface area contributed by atoms with E-state index >= 15 is 0 Å². The zero-order chi connectivity index (χ0) is 80.6. The maximum absolute atomic E-state index is 11.7. The van der Waals surface area contributed by atoms with Crippen LogP contribution in [-0.2, 0) is 10.8 Å². The summed E-state index contributed by atoms with van der Waals surface area (Å²) in [6.07, 6.45) is 0. The molecule has 0 atom stereocenters. The van der Waals surface area contributed by atoms with E-state index < -0.39 is 0 Å². The van der Waals surface area contributed by atoms with Gasteiger partial charge in [-0.15, -0.1) is 0 Å². The quantitative estimate of drug-likeness (QED) is 0.152. The Balaban J connectivity index is 0.630. The van der Waals surface area contributed by atoms with E-state index in [0.29, 0.717) is 17.1 Å². The standard InChI is InChI=1S/C108H66N8O4/c1-107(2,3)66-31-40-84-79(52-66)101-90(113(84)68-48-65(55-109)81(56-110)94(54-68)116-87-41-32-67(108(4,5)6)53-80(87)102-93(116)45-37-75-71-20-12-15-23-97(71)119-105(75)102)42-34-76-72-33-28-64(51-98(72)120-106(76)101)61-26-24-60(25-27-61)63-30-39-86-78(50-63)100-92(44-36-74-70-19-11-14-22-96(70)118-104(74)100)115(86)89-47-46-88(82(57-111)83(89)58-112)114-85-38-29-62(59-16-8-7-9-17-59)49-77(85)99-91(114)43-35-73-69-18-10-13-21-95(69)117-103(73)99/h7-54H,1-6H3. The Morgan fingerprint density at radius 2 is 0.558 bits per heavy atom. The Bertz CT molecular complexity index is 8930. The molecule has 8 heterocycles. The van der Waals surface area contributed by atoms with E-state index in [0.717, 1.165) is 225 Å². The summed E-state index contributed by atoms with van der Waals surface area (Å²) in [6.45, 7) is 13.3. The van der Waals surface area contributed by atoms with Crippen molar-refractivity contribution in [3.8, 4) is 80.4 Å². The van der Waals surface area contributed by atoms with Crippen molar-refractivity contribution >= 4 is 175 Å². The number of nitriles is 4. The summed E-state index contributed by atoms with van der Waals surface area (Å²) in [5, 5.41) is 61.3. The zero-order valence-corrected chi connectivity index (χ0v) is 65.9. The molecule has 0 saturated heterocycles. The summed E-state index contributed by atoms with van der Waals surface area (Å²) < 4.78 is 36.4. The van der Waals surface area contributed by atoms with Gasteiger partial charge in [0.1, 0.15) is 68.9 Å². The van der Waals surface area contributed by atoms with E-state index in [2.05, 4.69) is 284 Å². The molecule has 12 nitrogen and oxygen atoms in total. The Hall–Kier alpha value is -16.1. The predicted octanol–water partition coefficient (Wildman–Crippen LogP) is 28.8. The summed E-state index contributed by atoms with van der Waals surface area (Å²) in [5.74, 6) is 0. The van der Waals surface area contributed by atoms with Crippen molar-refractivity contribution in [2.24, 2.45) is 0 Å². The minimum Gasteiger partial charge on any atom is -0.455 e. The van der Waals surface area contributed by atoms with E-state index in [4.69, 9.17) is 17.7 Å². The van der Waals surface area contributed by atoms with Gasteiger partial charge < -0.3 is 35.9 Å². The van der Waals surface area contributed by atoms with Crippen LogP contribution in [0.3, 0.4) is 0 Å². The van der Waals surface area contributed by atoms with Crippen molar-refractivity contribution in [2.75, 3.05) is 0 Å². The van der Waals surface area contributed by atoms with E-state index in [1.54, 1.807) is 0 Å². The second-order valence-electron chi connectivity index (χ2n) is 33.9. The number of hydrogen-bond donors (Lipinski definition) is 0. The summed E-state index contributed by atoms with van der Waals surface area (Å²) in [4.78, 5) is 0. The van der Waals surface area contributed by atoms with Crippen LogP contribution in [0.25, 0.3) is 231 Å². The SMILES string of the molecule is CC(C)(C)c1ccc2c(c1)c1c3oc4cc(-c5ccc(-c6ccc7c(c6)c6c8oc9ccccc9c8ccc6n7-c6ccc(-n7c8ccc(-c9ccccc9)cc8c8c9oc%10ccccc%10c9ccc87)c(C#N)c6C#N)cc5)ccc4c3ccc1n2-c1cc(C#N)c(C#N)c(-n2c3ccc(C(C)(C)C)cc3c3c4oc5ccccc5c4ccc32)c1. The lowest BCUT2D eigenvalue weighted by molar-refractivity contribution is 0.591. The third-order valence-electron chi connectivity index (χ3n) is 25.3. The lowest BCUT2D eigenvalue weighted by Crippen LogP contribution is -2.10. The predicted molar refractivity (Wildman–Crippen MR) is 485 cm³/mol. The van der Waals surface area contributed by atoms with Crippen LogP contribution in [-0.4, -0.2) is 18.3 Å². The Labute approximate surface area is 685 Å². The number of fused-ring (bicyclic) bond motifs is 28. The molecule has 0 aliphatic rings. The molecule has 0 aliphatic heterocycles. The van der Waals surface area contributed by atoms with Crippen molar-refractivity contribution in [3.63, 3.8) is 0 Å². The summed E-state index contributed by atoms with van der Waals surface area (Å²) in [6, 6.07) is 111. The van der Waals surface area contributed by atoms with Crippen molar-refractivity contribution in [3.05, 3.63) is 325 Å². The van der Waals surface area contributed by atoms with Crippen molar-refractivity contribution in [1.29, 1.82) is 21.0 Å². The van der Waals surface area contributed by atoms with Crippen molar-refractivity contribution in [2.45, 2.75) is 52.4 Å². The first-order valence-electron chi connectivity index (χ1n) is 40.3.